The highest BCUT2D eigenvalue weighted by Crippen LogP contribution is 2.40. The minimum atomic E-state index is -0.878. The third-order valence-electron chi connectivity index (χ3n) is 6.51. The highest BCUT2D eigenvalue weighted by Gasteiger charge is 2.32. The summed E-state index contributed by atoms with van der Waals surface area (Å²) in [6.45, 7) is 8.72. The molecule has 12 heteroatoms. The molecule has 0 saturated heterocycles. The molecule has 1 amide bonds. The molecule has 1 aromatic carbocycles. The molecule has 3 N–H and O–H groups in total. The van der Waals surface area contributed by atoms with Crippen LogP contribution in [-0.2, 0) is 16.8 Å². The molecule has 0 atom stereocenters. The minimum Gasteiger partial charge on any atom is -0.491 e. The molecule has 1 aromatic heterocycles. The first kappa shape index (κ1) is 33.5. The molecule has 2 heterocycles. The van der Waals surface area contributed by atoms with E-state index in [-0.39, 0.29) is 59.3 Å². The average Bonchev–Trinajstić information content (AvgIpc) is 3.18. The van der Waals surface area contributed by atoms with Crippen LogP contribution in [0.1, 0.15) is 78.2 Å². The molecule has 0 fully saturated rings. The molecule has 224 valence electrons. The molecule has 0 radical (unpaired) electrons. The number of nitrogens with one attached hydrogen (secondary N) is 2. The topological polar surface area (TPSA) is 145 Å². The standard InChI is InChI=1S/C29H39N5O6.BrH/c1-8-39-22-14-18-15-34(27(30)24(18)32-25(22)28(38)31-5)16-21(35)17-12-19(29(2,3)4)26(20(13-17)33(6)7)40-11-9-10-23(36)37;/h12-14,30H,8-11,15-16H2,1-7H3,(H,31,38)(H,36,37);1H. The Morgan fingerprint density at radius 3 is 2.41 bits per heavy atom. The Balaban J connectivity index is 0.00000588. The van der Waals surface area contributed by atoms with E-state index in [0.717, 1.165) is 5.56 Å². The third-order valence-corrected chi connectivity index (χ3v) is 6.51. The van der Waals surface area contributed by atoms with E-state index in [0.29, 0.717) is 53.6 Å². The molecule has 0 bridgehead atoms. The molecule has 41 heavy (non-hydrogen) atoms. The van der Waals surface area contributed by atoms with Crippen LogP contribution < -0.4 is 19.7 Å². The van der Waals surface area contributed by atoms with Gasteiger partial charge in [-0.05, 0) is 37.0 Å². The van der Waals surface area contributed by atoms with Gasteiger partial charge in [-0.3, -0.25) is 19.8 Å². The number of ketones is 1. The lowest BCUT2D eigenvalue weighted by Gasteiger charge is -2.28. The van der Waals surface area contributed by atoms with Gasteiger partial charge in [0.25, 0.3) is 5.91 Å². The van der Waals surface area contributed by atoms with Gasteiger partial charge in [0.05, 0.1) is 25.4 Å². The highest BCUT2D eigenvalue weighted by molar-refractivity contribution is 8.93. The third kappa shape index (κ3) is 7.75. The number of aromatic nitrogens is 1. The van der Waals surface area contributed by atoms with Gasteiger partial charge in [0.1, 0.15) is 17.3 Å². The minimum absolute atomic E-state index is 0. The summed E-state index contributed by atoms with van der Waals surface area (Å²) in [5.74, 6) is -0.443. The monoisotopic (exact) mass is 633 g/mol. The average molecular weight is 635 g/mol. The van der Waals surface area contributed by atoms with Crippen molar-refractivity contribution >= 4 is 46.2 Å². The molecule has 2 aromatic rings. The number of ether oxygens (including phenoxy) is 2. The number of carboxylic acids is 1. The Labute approximate surface area is 251 Å². The molecule has 0 saturated carbocycles. The number of hydrogen-bond acceptors (Lipinski definition) is 8. The normalized spacial score (nSPS) is 12.4. The van der Waals surface area contributed by atoms with Crippen molar-refractivity contribution in [1.29, 1.82) is 5.41 Å². The summed E-state index contributed by atoms with van der Waals surface area (Å²) in [6, 6.07) is 5.31. The molecule has 0 spiro atoms. The van der Waals surface area contributed by atoms with Gasteiger partial charge in [-0.1, -0.05) is 20.8 Å². The zero-order valence-corrected chi connectivity index (χ0v) is 26.4. The number of carboxylic acid groups (broad SMARTS) is 1. The Bertz CT molecular complexity index is 1320. The number of carbonyl (C=O) groups is 3. The van der Waals surface area contributed by atoms with E-state index in [1.165, 1.54) is 7.05 Å². The summed E-state index contributed by atoms with van der Waals surface area (Å²) in [5, 5.41) is 20.2. The number of amidine groups is 1. The van der Waals surface area contributed by atoms with E-state index < -0.39 is 11.9 Å². The Kier molecular flexibility index (Phi) is 11.3. The number of fused-ring (bicyclic) bond motifs is 1. The van der Waals surface area contributed by atoms with Crippen LogP contribution in [0.15, 0.2) is 18.2 Å². The van der Waals surface area contributed by atoms with Crippen LogP contribution in [0.4, 0.5) is 5.69 Å². The number of halogens is 1. The lowest BCUT2D eigenvalue weighted by Crippen LogP contribution is -2.31. The van der Waals surface area contributed by atoms with Crippen molar-refractivity contribution in [3.05, 3.63) is 46.3 Å². The maximum atomic E-state index is 13.6. The first-order valence-electron chi connectivity index (χ1n) is 13.2. The summed E-state index contributed by atoms with van der Waals surface area (Å²) in [4.78, 5) is 44.8. The second kappa shape index (κ2) is 13.8. The van der Waals surface area contributed by atoms with Gasteiger partial charge in [-0.2, -0.15) is 0 Å². The number of carbonyl (C=O) groups excluding carboxylic acids is 2. The van der Waals surface area contributed by atoms with Crippen molar-refractivity contribution in [3.8, 4) is 11.5 Å². The molecule has 0 aliphatic carbocycles. The van der Waals surface area contributed by atoms with Crippen molar-refractivity contribution in [2.75, 3.05) is 45.8 Å². The van der Waals surface area contributed by atoms with Gasteiger partial charge in [0, 0.05) is 50.8 Å². The molecular weight excluding hydrogens is 594 g/mol. The van der Waals surface area contributed by atoms with E-state index in [1.807, 2.05) is 52.8 Å². The quantitative estimate of drug-likeness (QED) is 0.233. The number of amides is 1. The number of hydrogen-bond donors (Lipinski definition) is 3. The van der Waals surface area contributed by atoms with E-state index in [9.17, 15) is 14.4 Å². The molecule has 3 rings (SSSR count). The van der Waals surface area contributed by atoms with Crippen LogP contribution in [-0.4, -0.2) is 79.4 Å². The van der Waals surface area contributed by atoms with Gasteiger partial charge in [-0.15, -0.1) is 17.0 Å². The van der Waals surface area contributed by atoms with Crippen molar-refractivity contribution in [3.63, 3.8) is 0 Å². The SMILES string of the molecule is Br.CCOc1cc2c(nc1C(=O)NC)C(=N)N(CC(=O)c1cc(N(C)C)c(OCCCC(=O)O)c(C(C)(C)C)c1)C2. The zero-order valence-electron chi connectivity index (χ0n) is 24.7. The Morgan fingerprint density at radius 1 is 1.17 bits per heavy atom. The Morgan fingerprint density at radius 2 is 1.85 bits per heavy atom. The number of rotatable bonds is 12. The summed E-state index contributed by atoms with van der Waals surface area (Å²) >= 11 is 0. The Hall–Kier alpha value is -3.67. The maximum absolute atomic E-state index is 13.6. The molecule has 0 unspecified atom stereocenters. The smallest absolute Gasteiger partial charge is 0.303 e. The second-order valence-corrected chi connectivity index (χ2v) is 10.8. The van der Waals surface area contributed by atoms with Gasteiger partial charge < -0.3 is 29.7 Å². The van der Waals surface area contributed by atoms with E-state index >= 15 is 0 Å². The van der Waals surface area contributed by atoms with Crippen molar-refractivity contribution in [1.82, 2.24) is 15.2 Å². The summed E-state index contributed by atoms with van der Waals surface area (Å²) in [5.41, 5.74) is 2.82. The van der Waals surface area contributed by atoms with Gasteiger partial charge in [0.2, 0.25) is 0 Å². The summed E-state index contributed by atoms with van der Waals surface area (Å²) in [6.07, 6.45) is 0.374. The number of Topliss-reactive ketones (excluding diaryl/α,β-unsaturated/α-hetero) is 1. The van der Waals surface area contributed by atoms with Crippen molar-refractivity contribution < 1.29 is 29.0 Å². The summed E-state index contributed by atoms with van der Waals surface area (Å²) in [7, 11) is 5.22. The molecule has 1 aliphatic rings. The van der Waals surface area contributed by atoms with Gasteiger partial charge >= 0.3 is 5.97 Å². The molecule has 1 aliphatic heterocycles. The van der Waals surface area contributed by atoms with E-state index in [1.54, 1.807) is 17.0 Å². The van der Waals surface area contributed by atoms with Crippen LogP contribution in [0.3, 0.4) is 0 Å². The fraction of sp³-hybridized carbons (Fsp3) is 0.483. The van der Waals surface area contributed by atoms with Crippen LogP contribution in [0, 0.1) is 5.41 Å². The lowest BCUT2D eigenvalue weighted by molar-refractivity contribution is -0.137. The van der Waals surface area contributed by atoms with Crippen LogP contribution in [0.2, 0.25) is 0 Å². The number of anilines is 1. The van der Waals surface area contributed by atoms with E-state index in [4.69, 9.17) is 20.0 Å². The first-order valence-corrected chi connectivity index (χ1v) is 13.2. The van der Waals surface area contributed by atoms with Crippen molar-refractivity contribution in [2.24, 2.45) is 0 Å². The van der Waals surface area contributed by atoms with E-state index in [2.05, 4.69) is 10.3 Å². The predicted molar refractivity (Wildman–Crippen MR) is 163 cm³/mol. The fourth-order valence-electron chi connectivity index (χ4n) is 4.45. The number of nitrogens with zero attached hydrogens (tertiary/aromatic N) is 3. The number of aliphatic carboxylic acids is 1. The maximum Gasteiger partial charge on any atom is 0.303 e. The zero-order chi connectivity index (χ0) is 29.8. The van der Waals surface area contributed by atoms with Crippen LogP contribution in [0.25, 0.3) is 0 Å². The number of benzene rings is 1. The van der Waals surface area contributed by atoms with Gasteiger partial charge in [-0.25, -0.2) is 4.98 Å². The first-order chi connectivity index (χ1) is 18.8. The van der Waals surface area contributed by atoms with Crippen molar-refractivity contribution in [2.45, 2.75) is 52.5 Å². The van der Waals surface area contributed by atoms with Crippen LogP contribution >= 0.6 is 17.0 Å². The van der Waals surface area contributed by atoms with Crippen LogP contribution in [0.5, 0.6) is 11.5 Å². The van der Waals surface area contributed by atoms with Gasteiger partial charge in [0.15, 0.2) is 17.2 Å². The predicted octanol–water partition coefficient (Wildman–Crippen LogP) is 4.05. The summed E-state index contributed by atoms with van der Waals surface area (Å²) < 4.78 is 11.7. The second-order valence-electron chi connectivity index (χ2n) is 10.8. The molecular formula is C29H40BrN5O6. The highest BCUT2D eigenvalue weighted by atomic mass is 79.9. The molecule has 11 nitrogen and oxygen atoms in total. The number of pyridine rings is 1. The fourth-order valence-corrected chi connectivity index (χ4v) is 4.45. The largest absolute Gasteiger partial charge is 0.491 e. The lowest BCUT2D eigenvalue weighted by atomic mass is 9.84.